The van der Waals surface area contributed by atoms with Gasteiger partial charge in [-0.3, -0.25) is 4.99 Å². The van der Waals surface area contributed by atoms with Crippen LogP contribution in [0.3, 0.4) is 0 Å². The number of fused-ring (bicyclic) bond motifs is 1. The average molecular weight is 494 g/mol. The molecule has 0 radical (unpaired) electrons. The predicted octanol–water partition coefficient (Wildman–Crippen LogP) is 4.20. The maximum Gasteiger partial charge on any atom is 0.191 e. The van der Waals surface area contributed by atoms with Crippen molar-refractivity contribution >= 4 is 74.4 Å². The SMILES string of the molecule is CN=C(NCc1nc(C)cs1)NCc1nc2cc(Cl)ccc2s1.I. The second-order valence-electron chi connectivity index (χ2n) is 4.88. The number of benzene rings is 1. The molecule has 0 bridgehead atoms. The van der Waals surface area contributed by atoms with Gasteiger partial charge in [-0.2, -0.15) is 0 Å². The van der Waals surface area contributed by atoms with Gasteiger partial charge in [0.25, 0.3) is 0 Å². The molecule has 5 nitrogen and oxygen atoms in total. The van der Waals surface area contributed by atoms with Crippen LogP contribution in [0.25, 0.3) is 10.2 Å². The average Bonchev–Trinajstić information content (AvgIpc) is 3.12. The van der Waals surface area contributed by atoms with Gasteiger partial charge >= 0.3 is 0 Å². The van der Waals surface area contributed by atoms with Gasteiger partial charge in [0.05, 0.1) is 23.3 Å². The lowest BCUT2D eigenvalue weighted by atomic mass is 10.3. The molecule has 3 rings (SSSR count). The van der Waals surface area contributed by atoms with E-state index in [-0.39, 0.29) is 24.0 Å². The first-order valence-corrected chi connectivity index (χ1v) is 9.12. The first-order valence-electron chi connectivity index (χ1n) is 7.04. The van der Waals surface area contributed by atoms with Gasteiger partial charge in [-0.25, -0.2) is 9.97 Å². The second-order valence-corrected chi connectivity index (χ2v) is 7.38. The van der Waals surface area contributed by atoms with Crippen molar-refractivity contribution in [3.8, 4) is 0 Å². The Labute approximate surface area is 170 Å². The number of rotatable bonds is 4. The molecule has 0 aliphatic rings. The zero-order valence-electron chi connectivity index (χ0n) is 13.2. The van der Waals surface area contributed by atoms with E-state index < -0.39 is 0 Å². The Morgan fingerprint density at radius 3 is 2.62 bits per heavy atom. The van der Waals surface area contributed by atoms with Crippen molar-refractivity contribution in [2.45, 2.75) is 20.0 Å². The molecule has 0 fully saturated rings. The Morgan fingerprint density at radius 1 is 1.21 bits per heavy atom. The third kappa shape index (κ3) is 5.01. The quantitative estimate of drug-likeness (QED) is 0.325. The van der Waals surface area contributed by atoms with Crippen molar-refractivity contribution in [2.24, 2.45) is 4.99 Å². The largest absolute Gasteiger partial charge is 0.350 e. The van der Waals surface area contributed by atoms with Gasteiger partial charge in [0.1, 0.15) is 10.0 Å². The van der Waals surface area contributed by atoms with E-state index in [0.717, 1.165) is 31.9 Å². The number of aliphatic imine (C=N–C) groups is 1. The predicted molar refractivity (Wildman–Crippen MR) is 114 cm³/mol. The molecule has 2 aromatic heterocycles. The van der Waals surface area contributed by atoms with Gasteiger partial charge in [-0.05, 0) is 25.1 Å². The minimum absolute atomic E-state index is 0. The zero-order chi connectivity index (χ0) is 16.2. The van der Waals surface area contributed by atoms with Crippen molar-refractivity contribution < 1.29 is 0 Å². The van der Waals surface area contributed by atoms with E-state index in [1.165, 1.54) is 0 Å². The number of halogens is 2. The molecule has 0 aliphatic heterocycles. The number of aryl methyl sites for hydroxylation is 1. The summed E-state index contributed by atoms with van der Waals surface area (Å²) in [7, 11) is 1.75. The van der Waals surface area contributed by atoms with Crippen LogP contribution in [0.4, 0.5) is 0 Å². The summed E-state index contributed by atoms with van der Waals surface area (Å²) >= 11 is 9.29. The smallest absolute Gasteiger partial charge is 0.191 e. The fraction of sp³-hybridized carbons (Fsp3) is 0.267. The highest BCUT2D eigenvalue weighted by atomic mass is 127. The van der Waals surface area contributed by atoms with Crippen LogP contribution in [0.5, 0.6) is 0 Å². The van der Waals surface area contributed by atoms with E-state index in [2.05, 4.69) is 25.6 Å². The molecule has 0 unspecified atom stereocenters. The molecule has 0 spiro atoms. The fourth-order valence-corrected chi connectivity index (χ4v) is 3.81. The van der Waals surface area contributed by atoms with E-state index in [4.69, 9.17) is 11.6 Å². The molecule has 2 N–H and O–H groups in total. The molecular formula is C15H17ClIN5S2. The van der Waals surface area contributed by atoms with Crippen LogP contribution in [0, 0.1) is 6.92 Å². The number of thiazole rings is 2. The molecule has 9 heteroatoms. The summed E-state index contributed by atoms with van der Waals surface area (Å²) in [5, 5.41) is 11.3. The zero-order valence-corrected chi connectivity index (χ0v) is 17.9. The van der Waals surface area contributed by atoms with Gasteiger partial charge in [-0.1, -0.05) is 11.6 Å². The molecule has 0 saturated carbocycles. The normalized spacial score (nSPS) is 11.4. The number of nitrogens with one attached hydrogen (secondary N) is 2. The molecule has 3 aromatic rings. The first-order chi connectivity index (χ1) is 11.1. The Morgan fingerprint density at radius 2 is 1.96 bits per heavy atom. The highest BCUT2D eigenvalue weighted by Crippen LogP contribution is 2.24. The summed E-state index contributed by atoms with van der Waals surface area (Å²) in [5.74, 6) is 0.732. The van der Waals surface area contributed by atoms with E-state index in [0.29, 0.717) is 18.1 Å². The maximum absolute atomic E-state index is 5.99. The fourth-order valence-electron chi connectivity index (χ4n) is 2.05. The number of nitrogens with zero attached hydrogens (tertiary/aromatic N) is 3. The standard InChI is InChI=1S/C15H16ClN5S2.HI/c1-9-8-22-13(20-9)6-18-15(17-2)19-7-14-21-11-5-10(16)3-4-12(11)23-14;/h3-5,8H,6-7H2,1-2H3,(H2,17,18,19);1H. The van der Waals surface area contributed by atoms with Gasteiger partial charge in [0.15, 0.2) is 5.96 Å². The highest BCUT2D eigenvalue weighted by Gasteiger charge is 2.06. The Bertz CT molecular complexity index is 845. The van der Waals surface area contributed by atoms with Crippen LogP contribution < -0.4 is 10.6 Å². The maximum atomic E-state index is 5.99. The van der Waals surface area contributed by atoms with Crippen molar-refractivity contribution in [3.63, 3.8) is 0 Å². The summed E-state index contributed by atoms with van der Waals surface area (Å²) < 4.78 is 1.13. The highest BCUT2D eigenvalue weighted by molar-refractivity contribution is 14.0. The summed E-state index contributed by atoms with van der Waals surface area (Å²) in [6, 6.07) is 5.77. The Hall–Kier alpha value is -0.970. The van der Waals surface area contributed by atoms with Gasteiger partial charge in [0, 0.05) is 23.1 Å². The lowest BCUT2D eigenvalue weighted by Gasteiger charge is -2.09. The molecule has 2 heterocycles. The monoisotopic (exact) mass is 493 g/mol. The first kappa shape index (κ1) is 19.4. The molecule has 128 valence electrons. The Kier molecular flexibility index (Phi) is 7.20. The lowest BCUT2D eigenvalue weighted by molar-refractivity contribution is 0.801. The van der Waals surface area contributed by atoms with Crippen molar-refractivity contribution in [1.29, 1.82) is 0 Å². The summed E-state index contributed by atoms with van der Waals surface area (Å²) in [6.07, 6.45) is 0. The molecule has 0 amide bonds. The molecule has 0 aliphatic carbocycles. The minimum atomic E-state index is 0. The molecule has 0 saturated heterocycles. The molecule has 1 aromatic carbocycles. The minimum Gasteiger partial charge on any atom is -0.350 e. The Balaban J connectivity index is 0.00000208. The van der Waals surface area contributed by atoms with Gasteiger partial charge in [0.2, 0.25) is 0 Å². The number of hydrogen-bond donors (Lipinski definition) is 2. The van der Waals surface area contributed by atoms with E-state index in [1.54, 1.807) is 29.7 Å². The molecule has 0 atom stereocenters. The summed E-state index contributed by atoms with van der Waals surface area (Å²) in [6.45, 7) is 3.27. The topological polar surface area (TPSA) is 62.2 Å². The van der Waals surface area contributed by atoms with Crippen LogP contribution in [0.2, 0.25) is 5.02 Å². The summed E-state index contributed by atoms with van der Waals surface area (Å²) in [5.41, 5.74) is 1.98. The number of hydrogen-bond acceptors (Lipinski definition) is 5. The third-order valence-electron chi connectivity index (χ3n) is 3.10. The van der Waals surface area contributed by atoms with E-state index >= 15 is 0 Å². The number of guanidine groups is 1. The van der Waals surface area contributed by atoms with Crippen molar-refractivity contribution in [3.05, 3.63) is 44.3 Å². The van der Waals surface area contributed by atoms with E-state index in [1.807, 2.05) is 30.5 Å². The molecule has 24 heavy (non-hydrogen) atoms. The van der Waals surface area contributed by atoms with Gasteiger partial charge < -0.3 is 10.6 Å². The van der Waals surface area contributed by atoms with Crippen molar-refractivity contribution in [1.82, 2.24) is 20.6 Å². The van der Waals surface area contributed by atoms with Crippen LogP contribution in [-0.2, 0) is 13.1 Å². The lowest BCUT2D eigenvalue weighted by Crippen LogP contribution is -2.36. The number of aromatic nitrogens is 2. The van der Waals surface area contributed by atoms with Crippen LogP contribution in [0.15, 0.2) is 28.6 Å². The molecular weight excluding hydrogens is 477 g/mol. The van der Waals surface area contributed by atoms with Crippen LogP contribution in [0.1, 0.15) is 15.7 Å². The van der Waals surface area contributed by atoms with Crippen molar-refractivity contribution in [2.75, 3.05) is 7.05 Å². The van der Waals surface area contributed by atoms with E-state index in [9.17, 15) is 0 Å². The summed E-state index contributed by atoms with van der Waals surface area (Å²) in [4.78, 5) is 13.2. The van der Waals surface area contributed by atoms with Crippen LogP contribution >= 0.6 is 58.3 Å². The van der Waals surface area contributed by atoms with Gasteiger partial charge in [-0.15, -0.1) is 46.7 Å². The second kappa shape index (κ2) is 8.93. The van der Waals surface area contributed by atoms with Crippen LogP contribution in [-0.4, -0.2) is 23.0 Å². The third-order valence-corrected chi connectivity index (χ3v) is 5.34.